The Bertz CT molecular complexity index is 513. The van der Waals surface area contributed by atoms with Crippen LogP contribution in [0.4, 0.5) is 18.9 Å². The maximum absolute atomic E-state index is 13.0. The van der Waals surface area contributed by atoms with Crippen LogP contribution in [-0.2, 0) is 6.18 Å². The molecule has 0 atom stereocenters. The maximum atomic E-state index is 13.0. The van der Waals surface area contributed by atoms with E-state index in [0.29, 0.717) is 12.2 Å². The lowest BCUT2D eigenvalue weighted by atomic mass is 10.0. The highest BCUT2D eigenvalue weighted by atomic mass is 19.4. The van der Waals surface area contributed by atoms with E-state index in [-0.39, 0.29) is 11.6 Å². The van der Waals surface area contributed by atoms with Gasteiger partial charge in [0, 0.05) is 23.8 Å². The van der Waals surface area contributed by atoms with Crippen molar-refractivity contribution < 1.29 is 18.4 Å². The lowest BCUT2D eigenvalue weighted by Gasteiger charge is -2.29. The molecule has 0 aliphatic rings. The highest BCUT2D eigenvalue weighted by Crippen LogP contribution is 2.34. The molecule has 0 aliphatic carbocycles. The van der Waals surface area contributed by atoms with Crippen molar-refractivity contribution in [2.75, 3.05) is 11.4 Å². The Balaban J connectivity index is 3.40. The van der Waals surface area contributed by atoms with Crippen molar-refractivity contribution in [1.29, 1.82) is 0 Å². The summed E-state index contributed by atoms with van der Waals surface area (Å²) >= 11 is 0. The molecule has 0 saturated carbocycles. The number of nitrogens with two attached hydrogens (primary N) is 1. The van der Waals surface area contributed by atoms with Crippen LogP contribution in [0.15, 0.2) is 23.4 Å². The first kappa shape index (κ1) is 17.1. The van der Waals surface area contributed by atoms with Gasteiger partial charge in [0.15, 0.2) is 5.84 Å². The van der Waals surface area contributed by atoms with Crippen LogP contribution in [0.2, 0.25) is 0 Å². The molecular formula is C14H20F3N3O. The number of anilines is 1. The summed E-state index contributed by atoms with van der Waals surface area (Å²) in [5.41, 5.74) is 4.77. The number of halogens is 3. The second-order valence-electron chi connectivity index (χ2n) is 5.00. The van der Waals surface area contributed by atoms with Gasteiger partial charge in [0.2, 0.25) is 0 Å². The molecule has 0 aromatic heterocycles. The third-order valence-electron chi connectivity index (χ3n) is 3.11. The van der Waals surface area contributed by atoms with Crippen molar-refractivity contribution in [3.63, 3.8) is 0 Å². The summed E-state index contributed by atoms with van der Waals surface area (Å²) in [6, 6.07) is 3.82. The lowest BCUT2D eigenvalue weighted by Crippen LogP contribution is -2.32. The molecule has 7 heteroatoms. The Hall–Kier alpha value is -1.92. The zero-order valence-electron chi connectivity index (χ0n) is 12.3. The number of hydrogen-bond acceptors (Lipinski definition) is 3. The average Bonchev–Trinajstić information content (AvgIpc) is 2.41. The minimum Gasteiger partial charge on any atom is -0.409 e. The normalized spacial score (nSPS) is 12.8. The van der Waals surface area contributed by atoms with Gasteiger partial charge in [-0.1, -0.05) is 12.1 Å². The topological polar surface area (TPSA) is 61.8 Å². The smallest absolute Gasteiger partial charge is 0.409 e. The largest absolute Gasteiger partial charge is 0.417 e. The maximum Gasteiger partial charge on any atom is 0.417 e. The van der Waals surface area contributed by atoms with Crippen molar-refractivity contribution in [1.82, 2.24) is 0 Å². The van der Waals surface area contributed by atoms with Crippen LogP contribution in [-0.4, -0.2) is 23.6 Å². The van der Waals surface area contributed by atoms with Crippen molar-refractivity contribution in [2.45, 2.75) is 39.4 Å². The summed E-state index contributed by atoms with van der Waals surface area (Å²) in [6.07, 6.45) is -3.70. The van der Waals surface area contributed by atoms with Crippen LogP contribution >= 0.6 is 0 Å². The number of nitrogens with zero attached hydrogens (tertiary/aromatic N) is 2. The highest BCUT2D eigenvalue weighted by Gasteiger charge is 2.34. The van der Waals surface area contributed by atoms with Crippen molar-refractivity contribution in [2.24, 2.45) is 10.9 Å². The van der Waals surface area contributed by atoms with Gasteiger partial charge in [0.1, 0.15) is 0 Å². The molecule has 0 fully saturated rings. The number of benzene rings is 1. The van der Waals surface area contributed by atoms with Crippen LogP contribution in [0.3, 0.4) is 0 Å². The fraction of sp³-hybridized carbons (Fsp3) is 0.500. The van der Waals surface area contributed by atoms with E-state index >= 15 is 0 Å². The van der Waals surface area contributed by atoms with E-state index in [1.54, 1.807) is 0 Å². The molecule has 0 amide bonds. The summed E-state index contributed by atoms with van der Waals surface area (Å²) in [4.78, 5) is 1.97. The molecule has 0 bridgehead atoms. The number of rotatable bonds is 5. The predicted molar refractivity (Wildman–Crippen MR) is 76.7 cm³/mol. The van der Waals surface area contributed by atoms with Gasteiger partial charge >= 0.3 is 6.18 Å². The Kier molecular flexibility index (Phi) is 5.46. The van der Waals surface area contributed by atoms with Gasteiger partial charge in [-0.05, 0) is 38.5 Å². The van der Waals surface area contributed by atoms with Gasteiger partial charge in [0.25, 0.3) is 0 Å². The third-order valence-corrected chi connectivity index (χ3v) is 3.11. The number of oxime groups is 1. The van der Waals surface area contributed by atoms with Crippen LogP contribution in [0, 0.1) is 0 Å². The SMILES string of the molecule is CCCN(c1ccc(C(F)(F)F)c(/C(N)=N/O)c1)C(C)C. The summed E-state index contributed by atoms with van der Waals surface area (Å²) in [7, 11) is 0. The first-order valence-electron chi connectivity index (χ1n) is 6.68. The van der Waals surface area contributed by atoms with E-state index in [4.69, 9.17) is 10.9 Å². The molecule has 21 heavy (non-hydrogen) atoms. The van der Waals surface area contributed by atoms with Gasteiger partial charge in [-0.2, -0.15) is 13.2 Å². The Morgan fingerprint density at radius 2 is 2.00 bits per heavy atom. The summed E-state index contributed by atoms with van der Waals surface area (Å²) in [6.45, 7) is 6.61. The highest BCUT2D eigenvalue weighted by molar-refractivity contribution is 5.99. The van der Waals surface area contributed by atoms with E-state index in [9.17, 15) is 13.2 Å². The summed E-state index contributed by atoms with van der Waals surface area (Å²) in [5.74, 6) is -0.552. The molecule has 3 N–H and O–H groups in total. The van der Waals surface area contributed by atoms with Gasteiger partial charge < -0.3 is 15.8 Å². The van der Waals surface area contributed by atoms with E-state index < -0.39 is 17.6 Å². The average molecular weight is 303 g/mol. The number of alkyl halides is 3. The number of amidine groups is 1. The molecule has 1 rings (SSSR count). The van der Waals surface area contributed by atoms with E-state index in [2.05, 4.69) is 5.16 Å². The molecule has 0 unspecified atom stereocenters. The molecule has 1 aromatic carbocycles. The quantitative estimate of drug-likeness (QED) is 0.379. The minimum atomic E-state index is -4.56. The standard InChI is InChI=1S/C14H20F3N3O/c1-4-7-20(9(2)3)10-5-6-12(14(15,16)17)11(8-10)13(18)19-21/h5-6,8-9,21H,4,7H2,1-3H3,(H2,18,19). The van der Waals surface area contributed by atoms with Crippen LogP contribution in [0.25, 0.3) is 0 Å². The van der Waals surface area contributed by atoms with Gasteiger partial charge in [-0.15, -0.1) is 0 Å². The van der Waals surface area contributed by atoms with E-state index in [0.717, 1.165) is 12.5 Å². The molecule has 0 saturated heterocycles. The Morgan fingerprint density at radius 1 is 1.38 bits per heavy atom. The van der Waals surface area contributed by atoms with Crippen molar-refractivity contribution >= 4 is 11.5 Å². The predicted octanol–water partition coefficient (Wildman–Crippen LogP) is 3.42. The monoisotopic (exact) mass is 303 g/mol. The lowest BCUT2D eigenvalue weighted by molar-refractivity contribution is -0.137. The minimum absolute atomic E-state index is 0.127. The van der Waals surface area contributed by atoms with Gasteiger partial charge in [-0.3, -0.25) is 0 Å². The van der Waals surface area contributed by atoms with Crippen molar-refractivity contribution in [3.05, 3.63) is 29.3 Å². The van der Waals surface area contributed by atoms with Gasteiger partial charge in [-0.25, -0.2) is 0 Å². The van der Waals surface area contributed by atoms with E-state index in [1.165, 1.54) is 12.1 Å². The second-order valence-corrected chi connectivity index (χ2v) is 5.00. The molecule has 4 nitrogen and oxygen atoms in total. The second kappa shape index (κ2) is 6.69. The zero-order chi connectivity index (χ0) is 16.2. The molecule has 118 valence electrons. The van der Waals surface area contributed by atoms with Crippen LogP contribution in [0.1, 0.15) is 38.3 Å². The molecular weight excluding hydrogens is 283 g/mol. The Labute approximate surface area is 122 Å². The van der Waals surface area contributed by atoms with Crippen LogP contribution in [0.5, 0.6) is 0 Å². The van der Waals surface area contributed by atoms with Crippen molar-refractivity contribution in [3.8, 4) is 0 Å². The summed E-state index contributed by atoms with van der Waals surface area (Å²) < 4.78 is 38.9. The summed E-state index contributed by atoms with van der Waals surface area (Å²) in [5, 5.41) is 11.4. The molecule has 0 spiro atoms. The third kappa shape index (κ3) is 4.03. The molecule has 0 heterocycles. The fourth-order valence-corrected chi connectivity index (χ4v) is 2.15. The van der Waals surface area contributed by atoms with Crippen LogP contribution < -0.4 is 10.6 Å². The molecule has 0 radical (unpaired) electrons. The number of hydrogen-bond donors (Lipinski definition) is 2. The van der Waals surface area contributed by atoms with E-state index in [1.807, 2.05) is 25.7 Å². The first-order chi connectivity index (χ1) is 9.72. The molecule has 0 aliphatic heterocycles. The first-order valence-corrected chi connectivity index (χ1v) is 6.68. The molecule has 1 aromatic rings. The zero-order valence-corrected chi connectivity index (χ0v) is 12.3. The fourth-order valence-electron chi connectivity index (χ4n) is 2.15. The van der Waals surface area contributed by atoms with Gasteiger partial charge in [0.05, 0.1) is 5.56 Å². The Morgan fingerprint density at radius 3 is 2.43 bits per heavy atom.